The zero-order chi connectivity index (χ0) is 15.7. The van der Waals surface area contributed by atoms with Gasteiger partial charge in [0.1, 0.15) is 5.82 Å². The van der Waals surface area contributed by atoms with Gasteiger partial charge in [0.05, 0.1) is 4.90 Å². The zero-order valence-electron chi connectivity index (χ0n) is 13.0. The Hall–Kier alpha value is -0.980. The Balaban J connectivity index is 1.77. The second kappa shape index (κ2) is 6.26. The first-order valence-corrected chi connectivity index (χ1v) is 9.43. The molecule has 3 rings (SSSR count). The molecule has 1 aliphatic heterocycles. The van der Waals surface area contributed by atoms with Crippen molar-refractivity contribution in [1.82, 2.24) is 9.21 Å². The van der Waals surface area contributed by atoms with Gasteiger partial charge in [-0.1, -0.05) is 6.42 Å². The fourth-order valence-corrected chi connectivity index (χ4v) is 4.99. The average molecular weight is 326 g/mol. The van der Waals surface area contributed by atoms with Crippen LogP contribution >= 0.6 is 0 Å². The molecule has 1 saturated carbocycles. The molecule has 1 saturated heterocycles. The fourth-order valence-electron chi connectivity index (χ4n) is 3.31. The zero-order valence-corrected chi connectivity index (χ0v) is 13.8. The lowest BCUT2D eigenvalue weighted by atomic mass is 9.91. The molecule has 0 N–H and O–H groups in total. The molecule has 0 bridgehead atoms. The van der Waals surface area contributed by atoms with E-state index in [0.717, 1.165) is 19.5 Å². The molecule has 6 heteroatoms. The first-order chi connectivity index (χ1) is 10.5. The number of nitrogens with zero attached hydrogens (tertiary/aromatic N) is 2. The highest BCUT2D eigenvalue weighted by Crippen LogP contribution is 2.27. The highest BCUT2D eigenvalue weighted by atomic mass is 32.2. The molecule has 0 unspecified atom stereocenters. The van der Waals surface area contributed by atoms with E-state index in [4.69, 9.17) is 0 Å². The molecule has 0 spiro atoms. The minimum atomic E-state index is -3.53. The molecular formula is C16H23FN2O2S. The van der Waals surface area contributed by atoms with Gasteiger partial charge >= 0.3 is 0 Å². The van der Waals surface area contributed by atoms with Crippen LogP contribution in [0.2, 0.25) is 0 Å². The molecule has 22 heavy (non-hydrogen) atoms. The van der Waals surface area contributed by atoms with E-state index in [-0.39, 0.29) is 4.90 Å². The van der Waals surface area contributed by atoms with Crippen LogP contribution in [0.25, 0.3) is 0 Å². The molecule has 2 fully saturated rings. The molecule has 4 nitrogen and oxygen atoms in total. The lowest BCUT2D eigenvalue weighted by Gasteiger charge is -2.36. The van der Waals surface area contributed by atoms with Gasteiger partial charge in [0.2, 0.25) is 10.0 Å². The molecule has 1 aliphatic carbocycles. The van der Waals surface area contributed by atoms with Crippen LogP contribution in [0.15, 0.2) is 23.1 Å². The topological polar surface area (TPSA) is 40.6 Å². The summed E-state index contributed by atoms with van der Waals surface area (Å²) < 4.78 is 40.4. The Morgan fingerprint density at radius 1 is 1.09 bits per heavy atom. The largest absolute Gasteiger partial charge is 0.299 e. The standard InChI is InChI=1S/C16H23FN2O2S/c1-13-12-14(17)6-7-16(13)22(20,21)19-9-3-8-18(10-11-19)15-4-2-5-15/h6-7,12,15H,2-5,8-11H2,1H3. The second-order valence-corrected chi connectivity index (χ2v) is 8.19. The minimum absolute atomic E-state index is 0.228. The van der Waals surface area contributed by atoms with Crippen molar-refractivity contribution < 1.29 is 12.8 Å². The lowest BCUT2D eigenvalue weighted by molar-refractivity contribution is 0.134. The summed E-state index contributed by atoms with van der Waals surface area (Å²) in [5, 5.41) is 0. The van der Waals surface area contributed by atoms with Gasteiger partial charge in [-0.3, -0.25) is 4.90 Å². The van der Waals surface area contributed by atoms with Gasteiger partial charge in [-0.15, -0.1) is 0 Å². The summed E-state index contributed by atoms with van der Waals surface area (Å²) in [6.45, 7) is 4.48. The van der Waals surface area contributed by atoms with Crippen molar-refractivity contribution in [2.75, 3.05) is 26.2 Å². The number of aryl methyl sites for hydroxylation is 1. The van der Waals surface area contributed by atoms with Crippen LogP contribution in [-0.2, 0) is 10.0 Å². The molecular weight excluding hydrogens is 303 g/mol. The number of hydrogen-bond acceptors (Lipinski definition) is 3. The maximum absolute atomic E-state index is 13.2. The van der Waals surface area contributed by atoms with Gasteiger partial charge in [0.25, 0.3) is 0 Å². The van der Waals surface area contributed by atoms with E-state index >= 15 is 0 Å². The molecule has 2 aliphatic rings. The molecule has 1 aromatic carbocycles. The van der Waals surface area contributed by atoms with Gasteiger partial charge in [0.15, 0.2) is 0 Å². The number of hydrogen-bond donors (Lipinski definition) is 0. The number of rotatable bonds is 3. The summed E-state index contributed by atoms with van der Waals surface area (Å²) in [5.41, 5.74) is 0.472. The molecule has 0 amide bonds. The maximum Gasteiger partial charge on any atom is 0.243 e. The van der Waals surface area contributed by atoms with Crippen molar-refractivity contribution in [2.45, 2.75) is 43.5 Å². The van der Waals surface area contributed by atoms with Gasteiger partial charge in [-0.05, 0) is 56.5 Å². The van der Waals surface area contributed by atoms with Gasteiger partial charge in [-0.2, -0.15) is 4.31 Å². The number of halogens is 1. The van der Waals surface area contributed by atoms with Crippen molar-refractivity contribution >= 4 is 10.0 Å². The van der Waals surface area contributed by atoms with Gasteiger partial charge in [0, 0.05) is 25.7 Å². The van der Waals surface area contributed by atoms with Crippen LogP contribution in [0, 0.1) is 12.7 Å². The van der Waals surface area contributed by atoms with Gasteiger partial charge < -0.3 is 0 Å². The Morgan fingerprint density at radius 2 is 1.86 bits per heavy atom. The van der Waals surface area contributed by atoms with Crippen LogP contribution in [0.1, 0.15) is 31.2 Å². The summed E-state index contributed by atoms with van der Waals surface area (Å²) in [6, 6.07) is 4.54. The van der Waals surface area contributed by atoms with Crippen LogP contribution in [-0.4, -0.2) is 49.8 Å². The minimum Gasteiger partial charge on any atom is -0.299 e. The smallest absolute Gasteiger partial charge is 0.243 e. The quantitative estimate of drug-likeness (QED) is 0.856. The van der Waals surface area contributed by atoms with E-state index in [9.17, 15) is 12.8 Å². The van der Waals surface area contributed by atoms with E-state index in [1.54, 1.807) is 11.2 Å². The van der Waals surface area contributed by atoms with Crippen molar-refractivity contribution in [1.29, 1.82) is 0 Å². The fraction of sp³-hybridized carbons (Fsp3) is 0.625. The highest BCUT2D eigenvalue weighted by molar-refractivity contribution is 7.89. The number of benzene rings is 1. The van der Waals surface area contributed by atoms with E-state index in [1.807, 2.05) is 0 Å². The predicted octanol–water partition coefficient (Wildman–Crippen LogP) is 2.38. The lowest BCUT2D eigenvalue weighted by Crippen LogP contribution is -2.42. The third-order valence-corrected chi connectivity index (χ3v) is 6.89. The maximum atomic E-state index is 13.2. The van der Waals surface area contributed by atoms with E-state index in [0.29, 0.717) is 24.7 Å². The van der Waals surface area contributed by atoms with Crippen LogP contribution < -0.4 is 0 Å². The summed E-state index contributed by atoms with van der Waals surface area (Å²) in [4.78, 5) is 2.65. The van der Waals surface area contributed by atoms with Crippen LogP contribution in [0.3, 0.4) is 0 Å². The molecule has 0 atom stereocenters. The molecule has 0 aromatic heterocycles. The summed E-state index contributed by atoms with van der Waals surface area (Å²) in [5.74, 6) is -0.400. The Kier molecular flexibility index (Phi) is 4.52. The summed E-state index contributed by atoms with van der Waals surface area (Å²) in [7, 11) is -3.53. The first kappa shape index (κ1) is 15.9. The molecule has 0 radical (unpaired) electrons. The summed E-state index contributed by atoms with van der Waals surface area (Å²) in [6.07, 6.45) is 4.63. The molecule has 1 heterocycles. The van der Waals surface area contributed by atoms with Crippen molar-refractivity contribution in [3.05, 3.63) is 29.6 Å². The third kappa shape index (κ3) is 3.05. The van der Waals surface area contributed by atoms with Crippen molar-refractivity contribution in [3.63, 3.8) is 0 Å². The number of sulfonamides is 1. The Morgan fingerprint density at radius 3 is 2.50 bits per heavy atom. The third-order valence-electron chi connectivity index (χ3n) is 4.84. The Labute approximate surface area is 132 Å². The molecule has 1 aromatic rings. The van der Waals surface area contributed by atoms with Crippen LogP contribution in [0.4, 0.5) is 4.39 Å². The first-order valence-electron chi connectivity index (χ1n) is 7.99. The highest BCUT2D eigenvalue weighted by Gasteiger charge is 2.31. The van der Waals surface area contributed by atoms with Crippen molar-refractivity contribution in [3.8, 4) is 0 Å². The average Bonchev–Trinajstić information content (AvgIpc) is 2.62. The van der Waals surface area contributed by atoms with E-state index in [2.05, 4.69) is 4.90 Å². The van der Waals surface area contributed by atoms with Crippen LogP contribution in [0.5, 0.6) is 0 Å². The predicted molar refractivity (Wildman–Crippen MR) is 83.7 cm³/mol. The second-order valence-electron chi connectivity index (χ2n) is 6.29. The molecule has 122 valence electrons. The Bertz CT molecular complexity index is 644. The monoisotopic (exact) mass is 326 g/mol. The van der Waals surface area contributed by atoms with E-state index < -0.39 is 15.8 Å². The van der Waals surface area contributed by atoms with Gasteiger partial charge in [-0.25, -0.2) is 12.8 Å². The normalized spacial score (nSPS) is 22.3. The SMILES string of the molecule is Cc1cc(F)ccc1S(=O)(=O)N1CCCN(C2CCC2)CC1. The van der Waals surface area contributed by atoms with E-state index in [1.165, 1.54) is 37.5 Å². The summed E-state index contributed by atoms with van der Waals surface area (Å²) >= 11 is 0. The van der Waals surface area contributed by atoms with Crippen molar-refractivity contribution in [2.24, 2.45) is 0 Å².